The average Bonchev–Trinajstić information content (AvgIpc) is 3.47. The molecule has 1 aromatic rings. The molecule has 2 unspecified atom stereocenters. The Labute approximate surface area is 259 Å². The molecule has 0 aliphatic rings. The molecule has 242 valence electrons. The summed E-state index contributed by atoms with van der Waals surface area (Å²) in [5.41, 5.74) is 0. The molecular weight excluding hydrogens is 496 g/mol. The van der Waals surface area contributed by atoms with Crippen molar-refractivity contribution in [1.82, 2.24) is 9.55 Å². The first kappa shape index (κ1) is 38.2. The molecule has 0 spiro atoms. The van der Waals surface area contributed by atoms with E-state index in [0.29, 0.717) is 12.0 Å². The van der Waals surface area contributed by atoms with Crippen molar-refractivity contribution in [2.75, 3.05) is 0 Å². The SMILES string of the molecule is CCCCCCCCCCCCCCCC(C)n1ccnc1C(CCCC)CCCCCCCCCCCCCC. The number of hydrogen-bond acceptors (Lipinski definition) is 1. The number of rotatable bonds is 32. The standard InChI is InChI=1S/C39H76N2/c1-5-8-11-13-15-17-19-21-22-24-26-28-30-32-37(4)41-36-35-40-39(41)38(33-10-7-3)34-31-29-27-25-23-20-18-16-14-12-9-6-2/h35-38H,5-34H2,1-4H3. The van der Waals surface area contributed by atoms with Crippen LogP contribution in [0.25, 0.3) is 0 Å². The summed E-state index contributed by atoms with van der Waals surface area (Å²) in [6, 6.07) is 0.589. The largest absolute Gasteiger partial charge is 0.332 e. The highest BCUT2D eigenvalue weighted by molar-refractivity contribution is 5.02. The van der Waals surface area contributed by atoms with Crippen LogP contribution >= 0.6 is 0 Å². The second-order valence-corrected chi connectivity index (χ2v) is 13.6. The minimum Gasteiger partial charge on any atom is -0.332 e. The number of aromatic nitrogens is 2. The van der Waals surface area contributed by atoms with Crippen LogP contribution in [0.4, 0.5) is 0 Å². The van der Waals surface area contributed by atoms with E-state index < -0.39 is 0 Å². The Hall–Kier alpha value is -0.790. The van der Waals surface area contributed by atoms with Gasteiger partial charge in [0.05, 0.1) is 0 Å². The maximum Gasteiger partial charge on any atom is 0.111 e. The second kappa shape index (κ2) is 29.3. The van der Waals surface area contributed by atoms with Crippen LogP contribution in [0.2, 0.25) is 0 Å². The Kier molecular flexibility index (Phi) is 27.3. The molecule has 1 heterocycles. The first-order chi connectivity index (χ1) is 20.2. The van der Waals surface area contributed by atoms with Gasteiger partial charge in [-0.1, -0.05) is 194 Å². The van der Waals surface area contributed by atoms with Crippen molar-refractivity contribution in [1.29, 1.82) is 0 Å². The van der Waals surface area contributed by atoms with Crippen LogP contribution in [0.15, 0.2) is 12.4 Å². The van der Waals surface area contributed by atoms with Gasteiger partial charge in [-0.15, -0.1) is 0 Å². The van der Waals surface area contributed by atoms with E-state index in [1.807, 2.05) is 0 Å². The van der Waals surface area contributed by atoms with Gasteiger partial charge in [-0.2, -0.15) is 0 Å². The molecule has 0 amide bonds. The molecule has 2 atom stereocenters. The van der Waals surface area contributed by atoms with E-state index in [1.165, 1.54) is 198 Å². The molecule has 0 N–H and O–H groups in total. The summed E-state index contributed by atoms with van der Waals surface area (Å²) >= 11 is 0. The molecule has 2 nitrogen and oxygen atoms in total. The van der Waals surface area contributed by atoms with E-state index in [2.05, 4.69) is 44.7 Å². The highest BCUT2D eigenvalue weighted by Gasteiger charge is 2.19. The molecule has 0 saturated heterocycles. The number of imidazole rings is 1. The molecule has 0 bridgehead atoms. The van der Waals surface area contributed by atoms with Crippen molar-refractivity contribution in [2.24, 2.45) is 0 Å². The van der Waals surface area contributed by atoms with E-state index in [1.54, 1.807) is 0 Å². The quantitative estimate of drug-likeness (QED) is 0.0785. The van der Waals surface area contributed by atoms with Crippen molar-refractivity contribution >= 4 is 0 Å². The fourth-order valence-corrected chi connectivity index (χ4v) is 6.69. The van der Waals surface area contributed by atoms with E-state index >= 15 is 0 Å². The first-order valence-corrected chi connectivity index (χ1v) is 19.3. The predicted molar refractivity (Wildman–Crippen MR) is 185 cm³/mol. The van der Waals surface area contributed by atoms with Gasteiger partial charge in [-0.25, -0.2) is 4.98 Å². The van der Waals surface area contributed by atoms with Crippen molar-refractivity contribution in [3.63, 3.8) is 0 Å². The van der Waals surface area contributed by atoms with Crippen LogP contribution in [0.1, 0.15) is 238 Å². The summed E-state index contributed by atoms with van der Waals surface area (Å²) in [5.74, 6) is 2.05. The average molecular weight is 573 g/mol. The number of hydrogen-bond donors (Lipinski definition) is 0. The fraction of sp³-hybridized carbons (Fsp3) is 0.923. The van der Waals surface area contributed by atoms with Gasteiger partial charge in [0.2, 0.25) is 0 Å². The van der Waals surface area contributed by atoms with Gasteiger partial charge < -0.3 is 4.57 Å². The lowest BCUT2D eigenvalue weighted by Gasteiger charge is -2.22. The minimum atomic E-state index is 0.589. The summed E-state index contributed by atoms with van der Waals surface area (Å²) in [5, 5.41) is 0. The van der Waals surface area contributed by atoms with Crippen molar-refractivity contribution < 1.29 is 0 Å². The Morgan fingerprint density at radius 1 is 0.463 bits per heavy atom. The monoisotopic (exact) mass is 573 g/mol. The van der Waals surface area contributed by atoms with Crippen LogP contribution in [0.3, 0.4) is 0 Å². The predicted octanol–water partition coefficient (Wildman–Crippen LogP) is 14.3. The summed E-state index contributed by atoms with van der Waals surface area (Å²) in [6.07, 6.45) is 46.8. The fourth-order valence-electron chi connectivity index (χ4n) is 6.69. The Bertz CT molecular complexity index is 635. The van der Waals surface area contributed by atoms with Crippen LogP contribution in [0.5, 0.6) is 0 Å². The highest BCUT2D eigenvalue weighted by atomic mass is 15.1. The lowest BCUT2D eigenvalue weighted by molar-refractivity contribution is 0.415. The number of unbranched alkanes of at least 4 members (excludes halogenated alkanes) is 24. The normalized spacial score (nSPS) is 13.2. The van der Waals surface area contributed by atoms with Gasteiger partial charge in [0.15, 0.2) is 0 Å². The molecule has 1 aromatic heterocycles. The molecule has 0 fully saturated rings. The maximum absolute atomic E-state index is 4.94. The van der Waals surface area contributed by atoms with Crippen molar-refractivity contribution in [3.05, 3.63) is 18.2 Å². The molecule has 41 heavy (non-hydrogen) atoms. The topological polar surface area (TPSA) is 17.8 Å². The third-order valence-corrected chi connectivity index (χ3v) is 9.58. The van der Waals surface area contributed by atoms with E-state index in [9.17, 15) is 0 Å². The highest BCUT2D eigenvalue weighted by Crippen LogP contribution is 2.30. The molecule has 0 saturated carbocycles. The molecule has 1 rings (SSSR count). The smallest absolute Gasteiger partial charge is 0.111 e. The van der Waals surface area contributed by atoms with E-state index in [-0.39, 0.29) is 0 Å². The van der Waals surface area contributed by atoms with Crippen molar-refractivity contribution in [2.45, 2.75) is 232 Å². The lowest BCUT2D eigenvalue weighted by atomic mass is 9.93. The molecule has 0 radical (unpaired) electrons. The van der Waals surface area contributed by atoms with Gasteiger partial charge in [-0.3, -0.25) is 0 Å². The summed E-state index contributed by atoms with van der Waals surface area (Å²) in [4.78, 5) is 4.94. The van der Waals surface area contributed by atoms with Crippen LogP contribution < -0.4 is 0 Å². The van der Waals surface area contributed by atoms with E-state index in [0.717, 1.165) is 0 Å². The summed E-state index contributed by atoms with van der Waals surface area (Å²) < 4.78 is 2.56. The third kappa shape index (κ3) is 21.5. The zero-order valence-corrected chi connectivity index (χ0v) is 28.9. The van der Waals surface area contributed by atoms with Gasteiger partial charge in [0.1, 0.15) is 5.82 Å². The van der Waals surface area contributed by atoms with Crippen LogP contribution in [-0.4, -0.2) is 9.55 Å². The summed E-state index contributed by atoms with van der Waals surface area (Å²) in [7, 11) is 0. The van der Waals surface area contributed by atoms with Gasteiger partial charge in [-0.05, 0) is 26.2 Å². The lowest BCUT2D eigenvalue weighted by Crippen LogP contribution is -2.13. The van der Waals surface area contributed by atoms with Crippen LogP contribution in [0, 0.1) is 0 Å². The van der Waals surface area contributed by atoms with E-state index in [4.69, 9.17) is 4.98 Å². The van der Waals surface area contributed by atoms with Gasteiger partial charge in [0.25, 0.3) is 0 Å². The molecule has 0 aliphatic heterocycles. The summed E-state index contributed by atoms with van der Waals surface area (Å²) in [6.45, 7) is 9.39. The van der Waals surface area contributed by atoms with Crippen molar-refractivity contribution in [3.8, 4) is 0 Å². The second-order valence-electron chi connectivity index (χ2n) is 13.6. The maximum atomic E-state index is 4.94. The zero-order valence-electron chi connectivity index (χ0n) is 28.9. The zero-order chi connectivity index (χ0) is 29.6. The Morgan fingerprint density at radius 3 is 1.22 bits per heavy atom. The Morgan fingerprint density at radius 2 is 0.805 bits per heavy atom. The minimum absolute atomic E-state index is 0.589. The molecular formula is C39H76N2. The van der Waals surface area contributed by atoms with Gasteiger partial charge in [0, 0.05) is 24.4 Å². The molecule has 0 aromatic carbocycles. The molecule has 2 heteroatoms. The van der Waals surface area contributed by atoms with Crippen LogP contribution in [-0.2, 0) is 0 Å². The van der Waals surface area contributed by atoms with Gasteiger partial charge >= 0.3 is 0 Å². The first-order valence-electron chi connectivity index (χ1n) is 19.3. The Balaban J connectivity index is 2.20. The molecule has 0 aliphatic carbocycles. The number of nitrogens with zero attached hydrogens (tertiary/aromatic N) is 2. The third-order valence-electron chi connectivity index (χ3n) is 9.58.